The van der Waals surface area contributed by atoms with E-state index in [0.717, 1.165) is 31.7 Å². The molecule has 1 heterocycles. The van der Waals surface area contributed by atoms with E-state index in [-0.39, 0.29) is 0 Å². The highest BCUT2D eigenvalue weighted by Gasteiger charge is 2.15. The Morgan fingerprint density at radius 3 is 3.19 bits per heavy atom. The van der Waals surface area contributed by atoms with Crippen molar-refractivity contribution in [3.63, 3.8) is 0 Å². The van der Waals surface area contributed by atoms with E-state index in [1.165, 1.54) is 5.56 Å². The van der Waals surface area contributed by atoms with Crippen molar-refractivity contribution in [2.24, 2.45) is 0 Å². The van der Waals surface area contributed by atoms with E-state index in [0.29, 0.717) is 6.04 Å². The van der Waals surface area contributed by atoms with Crippen molar-refractivity contribution in [3.05, 3.63) is 35.4 Å². The molecule has 1 saturated heterocycles. The maximum absolute atomic E-state index is 8.84. The molecule has 16 heavy (non-hydrogen) atoms. The molecule has 0 bridgehead atoms. The SMILES string of the molecule is C[C@@H]1CN(Cc2cccc(C#N)c2)CCN1. The summed E-state index contributed by atoms with van der Waals surface area (Å²) in [5, 5.41) is 12.3. The zero-order chi connectivity index (χ0) is 11.4. The van der Waals surface area contributed by atoms with Crippen molar-refractivity contribution in [1.29, 1.82) is 5.26 Å². The van der Waals surface area contributed by atoms with Crippen LogP contribution in [0.2, 0.25) is 0 Å². The van der Waals surface area contributed by atoms with Crippen molar-refractivity contribution in [2.45, 2.75) is 19.5 Å². The van der Waals surface area contributed by atoms with Gasteiger partial charge in [0.05, 0.1) is 11.6 Å². The lowest BCUT2D eigenvalue weighted by Gasteiger charge is -2.31. The minimum atomic E-state index is 0.563. The van der Waals surface area contributed by atoms with E-state index >= 15 is 0 Å². The Morgan fingerprint density at radius 2 is 2.44 bits per heavy atom. The number of nitrogens with one attached hydrogen (secondary N) is 1. The van der Waals surface area contributed by atoms with E-state index < -0.39 is 0 Å². The molecule has 0 spiro atoms. The molecule has 0 saturated carbocycles. The molecule has 2 rings (SSSR count). The van der Waals surface area contributed by atoms with Gasteiger partial charge in [0, 0.05) is 32.2 Å². The predicted molar refractivity (Wildman–Crippen MR) is 63.9 cm³/mol. The van der Waals surface area contributed by atoms with Crippen LogP contribution in [0, 0.1) is 11.3 Å². The summed E-state index contributed by atoms with van der Waals surface area (Å²) in [5.41, 5.74) is 1.98. The monoisotopic (exact) mass is 215 g/mol. The lowest BCUT2D eigenvalue weighted by Crippen LogP contribution is -2.48. The van der Waals surface area contributed by atoms with Crippen molar-refractivity contribution < 1.29 is 0 Å². The van der Waals surface area contributed by atoms with E-state index in [4.69, 9.17) is 5.26 Å². The average Bonchev–Trinajstić information content (AvgIpc) is 2.29. The summed E-state index contributed by atoms with van der Waals surface area (Å²) in [5.74, 6) is 0. The first-order chi connectivity index (χ1) is 7.78. The van der Waals surface area contributed by atoms with Gasteiger partial charge in [0.2, 0.25) is 0 Å². The maximum atomic E-state index is 8.84. The molecule has 3 heteroatoms. The number of nitrogens with zero attached hydrogens (tertiary/aromatic N) is 2. The highest BCUT2D eigenvalue weighted by molar-refractivity contribution is 5.32. The molecular formula is C13H17N3. The second kappa shape index (κ2) is 5.11. The normalized spacial score (nSPS) is 21.6. The molecule has 0 amide bonds. The lowest BCUT2D eigenvalue weighted by molar-refractivity contribution is 0.199. The van der Waals surface area contributed by atoms with Gasteiger partial charge in [0.15, 0.2) is 0 Å². The molecule has 0 unspecified atom stereocenters. The fourth-order valence-electron chi connectivity index (χ4n) is 2.15. The average molecular weight is 215 g/mol. The molecule has 1 fully saturated rings. The highest BCUT2D eigenvalue weighted by atomic mass is 15.2. The van der Waals surface area contributed by atoms with Crippen LogP contribution in [0.3, 0.4) is 0 Å². The molecule has 0 radical (unpaired) electrons. The van der Waals surface area contributed by atoms with Crippen LogP contribution >= 0.6 is 0 Å². The van der Waals surface area contributed by atoms with Gasteiger partial charge in [-0.1, -0.05) is 12.1 Å². The number of hydrogen-bond acceptors (Lipinski definition) is 3. The predicted octanol–water partition coefficient (Wildman–Crippen LogP) is 1.35. The van der Waals surface area contributed by atoms with Crippen molar-refractivity contribution in [1.82, 2.24) is 10.2 Å². The summed E-state index contributed by atoms with van der Waals surface area (Å²) < 4.78 is 0. The van der Waals surface area contributed by atoms with Crippen LogP contribution in [0.4, 0.5) is 0 Å². The summed E-state index contributed by atoms with van der Waals surface area (Å²) in [4.78, 5) is 2.43. The summed E-state index contributed by atoms with van der Waals surface area (Å²) >= 11 is 0. The minimum absolute atomic E-state index is 0.563. The van der Waals surface area contributed by atoms with Gasteiger partial charge < -0.3 is 5.32 Å². The second-order valence-corrected chi connectivity index (χ2v) is 4.40. The molecule has 3 nitrogen and oxygen atoms in total. The zero-order valence-corrected chi connectivity index (χ0v) is 9.61. The van der Waals surface area contributed by atoms with Crippen LogP contribution in [0.15, 0.2) is 24.3 Å². The summed E-state index contributed by atoms with van der Waals surface area (Å²) in [6, 6.07) is 10.6. The third-order valence-corrected chi connectivity index (χ3v) is 2.92. The summed E-state index contributed by atoms with van der Waals surface area (Å²) in [6.45, 7) is 6.37. The molecule has 1 aliphatic rings. The van der Waals surface area contributed by atoms with Crippen LogP contribution in [0.25, 0.3) is 0 Å². The smallest absolute Gasteiger partial charge is 0.0991 e. The standard InChI is InChI=1S/C13H17N3/c1-11-9-16(6-5-15-11)10-13-4-2-3-12(7-13)8-14/h2-4,7,11,15H,5-6,9-10H2,1H3/t11-/m1/s1. The Labute approximate surface area is 96.7 Å². The minimum Gasteiger partial charge on any atom is -0.312 e. The van der Waals surface area contributed by atoms with E-state index in [2.05, 4.69) is 29.3 Å². The highest BCUT2D eigenvalue weighted by Crippen LogP contribution is 2.09. The number of benzene rings is 1. The van der Waals surface area contributed by atoms with Crippen molar-refractivity contribution in [2.75, 3.05) is 19.6 Å². The van der Waals surface area contributed by atoms with Crippen molar-refractivity contribution >= 4 is 0 Å². The Bertz CT molecular complexity index is 394. The molecule has 1 N–H and O–H groups in total. The molecule has 0 aromatic heterocycles. The Kier molecular flexibility index (Phi) is 3.55. The number of rotatable bonds is 2. The van der Waals surface area contributed by atoms with Gasteiger partial charge in [-0.05, 0) is 24.6 Å². The summed E-state index contributed by atoms with van der Waals surface area (Å²) in [6.07, 6.45) is 0. The van der Waals surface area contributed by atoms with E-state index in [1.54, 1.807) is 0 Å². The maximum Gasteiger partial charge on any atom is 0.0991 e. The van der Waals surface area contributed by atoms with Crippen molar-refractivity contribution in [3.8, 4) is 6.07 Å². The van der Waals surface area contributed by atoms with Crippen LogP contribution in [0.5, 0.6) is 0 Å². The van der Waals surface area contributed by atoms with Gasteiger partial charge in [-0.25, -0.2) is 0 Å². The molecular weight excluding hydrogens is 198 g/mol. The third kappa shape index (κ3) is 2.82. The van der Waals surface area contributed by atoms with Gasteiger partial charge in [0.25, 0.3) is 0 Å². The topological polar surface area (TPSA) is 39.1 Å². The fourth-order valence-corrected chi connectivity index (χ4v) is 2.15. The number of nitriles is 1. The molecule has 1 atom stereocenters. The molecule has 1 aliphatic heterocycles. The van der Waals surface area contributed by atoms with E-state index in [1.807, 2.05) is 18.2 Å². The van der Waals surface area contributed by atoms with Crippen LogP contribution < -0.4 is 5.32 Å². The first kappa shape index (κ1) is 11.1. The second-order valence-electron chi connectivity index (χ2n) is 4.40. The summed E-state index contributed by atoms with van der Waals surface area (Å²) in [7, 11) is 0. The van der Waals surface area contributed by atoms with E-state index in [9.17, 15) is 0 Å². The number of piperazine rings is 1. The van der Waals surface area contributed by atoms with Gasteiger partial charge in [-0.3, -0.25) is 4.90 Å². The van der Waals surface area contributed by atoms with Gasteiger partial charge in [-0.2, -0.15) is 5.26 Å². The third-order valence-electron chi connectivity index (χ3n) is 2.92. The molecule has 1 aromatic carbocycles. The fraction of sp³-hybridized carbons (Fsp3) is 0.462. The quantitative estimate of drug-likeness (QED) is 0.809. The first-order valence-electron chi connectivity index (χ1n) is 5.73. The van der Waals surface area contributed by atoms with Gasteiger partial charge in [0.1, 0.15) is 0 Å². The van der Waals surface area contributed by atoms with Crippen LogP contribution in [0.1, 0.15) is 18.1 Å². The Balaban J connectivity index is 2.00. The largest absolute Gasteiger partial charge is 0.312 e. The van der Waals surface area contributed by atoms with Gasteiger partial charge >= 0.3 is 0 Å². The Morgan fingerprint density at radius 1 is 1.56 bits per heavy atom. The molecule has 0 aliphatic carbocycles. The zero-order valence-electron chi connectivity index (χ0n) is 9.61. The van der Waals surface area contributed by atoms with Crippen LogP contribution in [-0.4, -0.2) is 30.6 Å². The molecule has 1 aromatic rings. The Hall–Kier alpha value is -1.37. The molecule has 84 valence electrons. The lowest BCUT2D eigenvalue weighted by atomic mass is 10.1. The van der Waals surface area contributed by atoms with Crippen LogP contribution in [-0.2, 0) is 6.54 Å². The van der Waals surface area contributed by atoms with Gasteiger partial charge in [-0.15, -0.1) is 0 Å². The number of hydrogen-bond donors (Lipinski definition) is 1. The first-order valence-corrected chi connectivity index (χ1v) is 5.73.